The van der Waals surface area contributed by atoms with Crippen LogP contribution in [0.15, 0.2) is 30.3 Å². The number of carbonyl (C=O) groups is 1. The average Bonchev–Trinajstić information content (AvgIpc) is 2.40. The first kappa shape index (κ1) is 12.9. The summed E-state index contributed by atoms with van der Waals surface area (Å²) in [6.07, 6.45) is 1.94. The molecule has 0 radical (unpaired) electrons. The highest BCUT2D eigenvalue weighted by molar-refractivity contribution is 5.72. The molecule has 0 aliphatic carbocycles. The maximum Gasteiger partial charge on any atom is 0.314 e. The van der Waals surface area contributed by atoms with Gasteiger partial charge in [0.15, 0.2) is 0 Å². The van der Waals surface area contributed by atoms with Crippen LogP contribution < -0.4 is 11.1 Å². The molecule has 98 valence electrons. The van der Waals surface area contributed by atoms with Crippen LogP contribution in [0.1, 0.15) is 31.4 Å². The van der Waals surface area contributed by atoms with E-state index in [9.17, 15) is 4.79 Å². The molecule has 18 heavy (non-hydrogen) atoms. The second-order valence-corrected chi connectivity index (χ2v) is 4.90. The second-order valence-electron chi connectivity index (χ2n) is 4.90. The molecule has 1 saturated heterocycles. The van der Waals surface area contributed by atoms with E-state index in [0.717, 1.165) is 25.9 Å². The Morgan fingerprint density at radius 3 is 2.50 bits per heavy atom. The lowest BCUT2D eigenvalue weighted by atomic mass is 10.0. The van der Waals surface area contributed by atoms with Crippen LogP contribution in [0.25, 0.3) is 0 Å². The Labute approximate surface area is 108 Å². The minimum atomic E-state index is -0.301. The molecule has 2 amide bonds. The molecule has 1 aromatic rings. The molecule has 4 nitrogen and oxygen atoms in total. The maximum atomic E-state index is 11.0. The number of nitrogens with two attached hydrogens (primary N) is 1. The molecule has 0 aromatic heterocycles. The number of benzene rings is 1. The van der Waals surface area contributed by atoms with Crippen LogP contribution in [0, 0.1) is 0 Å². The number of hydrogen-bond acceptors (Lipinski definition) is 2. The van der Waals surface area contributed by atoms with Gasteiger partial charge in [0.25, 0.3) is 0 Å². The van der Waals surface area contributed by atoms with Gasteiger partial charge in [0.05, 0.1) is 0 Å². The van der Waals surface area contributed by atoms with Crippen molar-refractivity contribution in [3.8, 4) is 0 Å². The number of carbonyl (C=O) groups excluding carboxylic acids is 1. The fourth-order valence-corrected chi connectivity index (χ4v) is 2.46. The SMILES string of the molecule is C[C@@H](NC1CCN(C(N)=O)CC1)c1ccccc1. The third-order valence-corrected chi connectivity index (χ3v) is 3.59. The number of hydrogen-bond donors (Lipinski definition) is 2. The molecule has 4 heteroatoms. The molecule has 0 spiro atoms. The molecular formula is C14H21N3O. The van der Waals surface area contributed by atoms with Crippen molar-refractivity contribution < 1.29 is 4.79 Å². The predicted octanol–water partition coefficient (Wildman–Crippen LogP) is 1.88. The van der Waals surface area contributed by atoms with E-state index >= 15 is 0 Å². The lowest BCUT2D eigenvalue weighted by Crippen LogP contribution is -2.47. The molecule has 1 aliphatic heterocycles. The normalized spacial score (nSPS) is 18.6. The van der Waals surface area contributed by atoms with Crippen molar-refractivity contribution in [2.45, 2.75) is 31.8 Å². The first-order valence-corrected chi connectivity index (χ1v) is 6.52. The maximum absolute atomic E-state index is 11.0. The van der Waals surface area contributed by atoms with Gasteiger partial charge in [0, 0.05) is 25.2 Å². The number of likely N-dealkylation sites (tertiary alicyclic amines) is 1. The van der Waals surface area contributed by atoms with Crippen LogP contribution in [0.5, 0.6) is 0 Å². The summed E-state index contributed by atoms with van der Waals surface area (Å²) in [5.41, 5.74) is 6.57. The van der Waals surface area contributed by atoms with E-state index in [2.05, 4.69) is 36.5 Å². The van der Waals surface area contributed by atoms with Crippen molar-refractivity contribution in [1.82, 2.24) is 10.2 Å². The van der Waals surface area contributed by atoms with E-state index in [1.165, 1.54) is 5.56 Å². The number of urea groups is 1. The van der Waals surface area contributed by atoms with Gasteiger partial charge in [-0.3, -0.25) is 0 Å². The monoisotopic (exact) mass is 247 g/mol. The summed E-state index contributed by atoms with van der Waals surface area (Å²) in [5.74, 6) is 0. The standard InChI is InChI=1S/C14H21N3O/c1-11(12-5-3-2-4-6-12)16-13-7-9-17(10-8-13)14(15)18/h2-6,11,13,16H,7-10H2,1H3,(H2,15,18)/t11-/m1/s1. The minimum Gasteiger partial charge on any atom is -0.351 e. The van der Waals surface area contributed by atoms with Crippen LogP contribution in [-0.2, 0) is 0 Å². The van der Waals surface area contributed by atoms with Crippen molar-refractivity contribution in [3.05, 3.63) is 35.9 Å². The molecule has 1 aromatic carbocycles. The van der Waals surface area contributed by atoms with Crippen molar-refractivity contribution in [1.29, 1.82) is 0 Å². The molecule has 0 saturated carbocycles. The summed E-state index contributed by atoms with van der Waals surface area (Å²) in [4.78, 5) is 12.7. The number of nitrogens with zero attached hydrogens (tertiary/aromatic N) is 1. The highest BCUT2D eigenvalue weighted by Crippen LogP contribution is 2.16. The van der Waals surface area contributed by atoms with Gasteiger partial charge in [-0.1, -0.05) is 30.3 Å². The fourth-order valence-electron chi connectivity index (χ4n) is 2.46. The zero-order valence-corrected chi connectivity index (χ0v) is 10.8. The molecule has 0 unspecified atom stereocenters. The molecule has 1 atom stereocenters. The highest BCUT2D eigenvalue weighted by atomic mass is 16.2. The van der Waals surface area contributed by atoms with Crippen molar-refractivity contribution in [2.24, 2.45) is 5.73 Å². The van der Waals surface area contributed by atoms with E-state index in [1.54, 1.807) is 4.90 Å². The smallest absolute Gasteiger partial charge is 0.314 e. The zero-order chi connectivity index (χ0) is 13.0. The van der Waals surface area contributed by atoms with Crippen LogP contribution in [0.3, 0.4) is 0 Å². The van der Waals surface area contributed by atoms with Crippen molar-refractivity contribution in [3.63, 3.8) is 0 Å². The third-order valence-electron chi connectivity index (χ3n) is 3.59. The van der Waals surface area contributed by atoms with Gasteiger partial charge in [-0.25, -0.2) is 4.79 Å². The molecular weight excluding hydrogens is 226 g/mol. The van der Waals surface area contributed by atoms with Crippen molar-refractivity contribution in [2.75, 3.05) is 13.1 Å². The number of nitrogens with one attached hydrogen (secondary N) is 1. The topological polar surface area (TPSA) is 58.4 Å². The summed E-state index contributed by atoms with van der Waals surface area (Å²) in [6.45, 7) is 3.69. The van der Waals surface area contributed by atoms with Gasteiger partial charge in [-0.2, -0.15) is 0 Å². The largest absolute Gasteiger partial charge is 0.351 e. The lowest BCUT2D eigenvalue weighted by molar-refractivity contribution is 0.183. The Bertz CT molecular complexity index is 385. The van der Waals surface area contributed by atoms with Crippen LogP contribution in [0.2, 0.25) is 0 Å². The Hall–Kier alpha value is -1.55. The van der Waals surface area contributed by atoms with E-state index in [-0.39, 0.29) is 6.03 Å². The van der Waals surface area contributed by atoms with Crippen molar-refractivity contribution >= 4 is 6.03 Å². The summed E-state index contributed by atoms with van der Waals surface area (Å²) >= 11 is 0. The molecule has 3 N–H and O–H groups in total. The molecule has 0 bridgehead atoms. The van der Waals surface area contributed by atoms with Gasteiger partial charge in [-0.05, 0) is 25.3 Å². The molecule has 1 aliphatic rings. The summed E-state index contributed by atoms with van der Waals surface area (Å²) in [6, 6.07) is 10.9. The number of primary amides is 1. The second kappa shape index (κ2) is 5.87. The van der Waals surface area contributed by atoms with Gasteiger partial charge < -0.3 is 16.0 Å². The molecule has 2 rings (SSSR count). The Kier molecular flexibility index (Phi) is 4.20. The molecule has 1 heterocycles. The van der Waals surface area contributed by atoms with Crippen LogP contribution in [-0.4, -0.2) is 30.1 Å². The number of amides is 2. The zero-order valence-electron chi connectivity index (χ0n) is 10.8. The Morgan fingerprint density at radius 2 is 1.94 bits per heavy atom. The first-order valence-electron chi connectivity index (χ1n) is 6.52. The number of piperidine rings is 1. The van der Waals surface area contributed by atoms with Gasteiger partial charge in [-0.15, -0.1) is 0 Å². The van der Waals surface area contributed by atoms with Gasteiger partial charge in [0.1, 0.15) is 0 Å². The van der Waals surface area contributed by atoms with E-state index in [1.807, 2.05) is 6.07 Å². The minimum absolute atomic E-state index is 0.301. The summed E-state index contributed by atoms with van der Waals surface area (Å²) in [7, 11) is 0. The third kappa shape index (κ3) is 3.23. The average molecular weight is 247 g/mol. The quantitative estimate of drug-likeness (QED) is 0.856. The van der Waals surface area contributed by atoms with E-state index < -0.39 is 0 Å². The first-order chi connectivity index (χ1) is 8.66. The highest BCUT2D eigenvalue weighted by Gasteiger charge is 2.22. The lowest BCUT2D eigenvalue weighted by Gasteiger charge is -2.33. The van der Waals surface area contributed by atoms with Crippen LogP contribution in [0.4, 0.5) is 4.79 Å². The molecule has 1 fully saturated rings. The van der Waals surface area contributed by atoms with E-state index in [0.29, 0.717) is 12.1 Å². The summed E-state index contributed by atoms with van der Waals surface area (Å²) < 4.78 is 0. The van der Waals surface area contributed by atoms with Crippen LogP contribution >= 0.6 is 0 Å². The number of rotatable bonds is 3. The predicted molar refractivity (Wildman–Crippen MR) is 72.2 cm³/mol. The summed E-state index contributed by atoms with van der Waals surface area (Å²) in [5, 5.41) is 3.62. The van der Waals surface area contributed by atoms with E-state index in [4.69, 9.17) is 5.73 Å². The van der Waals surface area contributed by atoms with Gasteiger partial charge >= 0.3 is 6.03 Å². The Balaban J connectivity index is 1.83. The Morgan fingerprint density at radius 1 is 1.33 bits per heavy atom. The fraction of sp³-hybridized carbons (Fsp3) is 0.500. The van der Waals surface area contributed by atoms with Gasteiger partial charge in [0.2, 0.25) is 0 Å².